The lowest BCUT2D eigenvalue weighted by atomic mass is 9.78. The minimum Gasteiger partial charge on any atom is -0.278 e. The van der Waals surface area contributed by atoms with Crippen LogP contribution < -0.4 is 0 Å². The molecule has 42 heavy (non-hydrogen) atoms. The summed E-state index contributed by atoms with van der Waals surface area (Å²) in [6.45, 7) is 11.3. The van der Waals surface area contributed by atoms with Crippen LogP contribution in [0.15, 0.2) is 97.1 Å². The second-order valence-electron chi connectivity index (χ2n) is 11.5. The second-order valence-corrected chi connectivity index (χ2v) is 11.5. The molecular weight excluding hydrogens is 510 g/mol. The Kier molecular flexibility index (Phi) is 9.37. The Morgan fingerprint density at radius 1 is 0.595 bits per heavy atom. The van der Waals surface area contributed by atoms with E-state index in [-0.39, 0.29) is 5.41 Å². The highest BCUT2D eigenvalue weighted by molar-refractivity contribution is 5.81. The molecule has 0 aliphatic carbocycles. The Balaban J connectivity index is 1.75. The van der Waals surface area contributed by atoms with Gasteiger partial charge in [0.25, 0.3) is 0 Å². The maximum atomic E-state index is 4.97. The number of aryl methyl sites for hydroxylation is 2. The van der Waals surface area contributed by atoms with Crippen molar-refractivity contribution in [2.45, 2.75) is 85.0 Å². The van der Waals surface area contributed by atoms with Gasteiger partial charge in [-0.25, -0.2) is 0 Å². The first-order chi connectivity index (χ1) is 20.6. The highest BCUT2D eigenvalue weighted by Gasteiger charge is 2.34. The summed E-state index contributed by atoms with van der Waals surface area (Å²) in [6.07, 6.45) is 7.60. The monoisotopic (exact) mass is 555 g/mol. The molecule has 0 aliphatic heterocycles. The zero-order chi connectivity index (χ0) is 29.5. The number of nitrogens with zero attached hydrogens (tertiary/aromatic N) is 3. The molecule has 0 saturated heterocycles. The molecule has 4 aromatic carbocycles. The normalized spacial score (nSPS) is 11.6. The summed E-state index contributed by atoms with van der Waals surface area (Å²) in [5.74, 6) is 1.96. The summed E-state index contributed by atoms with van der Waals surface area (Å²) in [5.41, 5.74) is 9.72. The Morgan fingerprint density at radius 3 is 1.95 bits per heavy atom. The third-order valence-electron chi connectivity index (χ3n) is 9.19. The predicted molar refractivity (Wildman–Crippen MR) is 178 cm³/mol. The fraction of sp³-hybridized carbons (Fsp3) is 0.333. The summed E-state index contributed by atoms with van der Waals surface area (Å²) in [5, 5.41) is 9.88. The quantitative estimate of drug-likeness (QED) is 0.153. The van der Waals surface area contributed by atoms with E-state index in [0.717, 1.165) is 55.0 Å². The number of hydrogen-bond acceptors (Lipinski definition) is 2. The van der Waals surface area contributed by atoms with Crippen molar-refractivity contribution in [1.82, 2.24) is 14.8 Å². The zero-order valence-electron chi connectivity index (χ0n) is 26.0. The van der Waals surface area contributed by atoms with Gasteiger partial charge in [0.1, 0.15) is 5.82 Å². The first-order valence-corrected chi connectivity index (χ1v) is 15.9. The van der Waals surface area contributed by atoms with Crippen molar-refractivity contribution in [2.24, 2.45) is 0 Å². The molecular formula is C39H45N3. The van der Waals surface area contributed by atoms with Crippen LogP contribution in [0.25, 0.3) is 39.3 Å². The molecule has 0 saturated carbocycles. The lowest BCUT2D eigenvalue weighted by Crippen LogP contribution is -2.28. The molecule has 0 unspecified atom stereocenters. The van der Waals surface area contributed by atoms with Gasteiger partial charge in [0.2, 0.25) is 0 Å². The van der Waals surface area contributed by atoms with Gasteiger partial charge in [-0.1, -0.05) is 120 Å². The molecule has 5 aromatic rings. The number of unbranched alkanes of at least 4 members (excludes halogenated alkanes) is 1. The summed E-state index contributed by atoms with van der Waals surface area (Å²) in [6, 6.07) is 35.6. The average Bonchev–Trinajstić information content (AvgIpc) is 3.51. The van der Waals surface area contributed by atoms with Crippen molar-refractivity contribution < 1.29 is 0 Å². The SMILES string of the molecule is CCCCc1ccc(-c2ccc(-n3c(-c4cccc(CC)c4)nnc3C(CC)(CC)CC)c(-c3ccccc3)c2)cc1. The van der Waals surface area contributed by atoms with Crippen molar-refractivity contribution >= 4 is 0 Å². The Morgan fingerprint density at radius 2 is 1.29 bits per heavy atom. The van der Waals surface area contributed by atoms with Crippen molar-refractivity contribution in [3.05, 3.63) is 114 Å². The van der Waals surface area contributed by atoms with Crippen molar-refractivity contribution in [3.8, 4) is 39.3 Å². The maximum absolute atomic E-state index is 4.97. The van der Waals surface area contributed by atoms with Gasteiger partial charge in [-0.15, -0.1) is 10.2 Å². The van der Waals surface area contributed by atoms with Gasteiger partial charge in [-0.3, -0.25) is 4.57 Å². The van der Waals surface area contributed by atoms with Gasteiger partial charge in [0.05, 0.1) is 5.69 Å². The van der Waals surface area contributed by atoms with Gasteiger partial charge in [-0.05, 0) is 84.5 Å². The van der Waals surface area contributed by atoms with E-state index in [1.54, 1.807) is 0 Å². The van der Waals surface area contributed by atoms with Gasteiger partial charge in [0.15, 0.2) is 5.82 Å². The zero-order valence-corrected chi connectivity index (χ0v) is 26.0. The number of rotatable bonds is 12. The minimum atomic E-state index is -0.0609. The van der Waals surface area contributed by atoms with E-state index in [2.05, 4.69) is 136 Å². The Bertz CT molecular complexity index is 1580. The van der Waals surface area contributed by atoms with Crippen LogP contribution in [0.5, 0.6) is 0 Å². The molecule has 0 radical (unpaired) electrons. The highest BCUT2D eigenvalue weighted by Crippen LogP contribution is 2.41. The predicted octanol–water partition coefficient (Wildman–Crippen LogP) is 10.6. The van der Waals surface area contributed by atoms with Crippen LogP contribution in [0.4, 0.5) is 0 Å². The molecule has 0 fully saturated rings. The van der Waals surface area contributed by atoms with Gasteiger partial charge in [-0.2, -0.15) is 0 Å². The fourth-order valence-corrected chi connectivity index (χ4v) is 6.20. The van der Waals surface area contributed by atoms with E-state index in [0.29, 0.717) is 0 Å². The van der Waals surface area contributed by atoms with E-state index in [1.807, 2.05) is 0 Å². The van der Waals surface area contributed by atoms with Gasteiger partial charge < -0.3 is 0 Å². The van der Waals surface area contributed by atoms with Crippen molar-refractivity contribution in [3.63, 3.8) is 0 Å². The van der Waals surface area contributed by atoms with E-state index >= 15 is 0 Å². The molecule has 3 nitrogen and oxygen atoms in total. The molecule has 1 aromatic heterocycles. The summed E-state index contributed by atoms with van der Waals surface area (Å²) < 4.78 is 2.37. The second kappa shape index (κ2) is 13.3. The van der Waals surface area contributed by atoms with Crippen LogP contribution in [-0.2, 0) is 18.3 Å². The first kappa shape index (κ1) is 29.5. The average molecular weight is 556 g/mol. The molecule has 0 N–H and O–H groups in total. The third-order valence-corrected chi connectivity index (χ3v) is 9.19. The largest absolute Gasteiger partial charge is 0.278 e. The molecule has 0 bridgehead atoms. The molecule has 0 atom stereocenters. The standard InChI is InChI=1S/C39H45N3/c1-6-11-16-30-21-23-31(24-22-30)33-25-26-36(35(28-33)32-18-13-12-14-19-32)42-37(34-20-15-17-29(7-2)27-34)40-41-38(42)39(8-3,9-4)10-5/h12-15,17-28H,6-11,16H2,1-5H3. The minimum absolute atomic E-state index is 0.0609. The van der Waals surface area contributed by atoms with E-state index in [9.17, 15) is 0 Å². The smallest absolute Gasteiger partial charge is 0.168 e. The van der Waals surface area contributed by atoms with Crippen molar-refractivity contribution in [2.75, 3.05) is 0 Å². The molecule has 0 spiro atoms. The van der Waals surface area contributed by atoms with E-state index in [1.165, 1.54) is 46.2 Å². The fourth-order valence-electron chi connectivity index (χ4n) is 6.20. The van der Waals surface area contributed by atoms with Gasteiger partial charge in [0, 0.05) is 16.5 Å². The van der Waals surface area contributed by atoms with Crippen LogP contribution in [0.1, 0.15) is 83.7 Å². The van der Waals surface area contributed by atoms with Crippen LogP contribution in [0.2, 0.25) is 0 Å². The summed E-state index contributed by atoms with van der Waals surface area (Å²) in [4.78, 5) is 0. The number of aromatic nitrogens is 3. The number of benzene rings is 4. The highest BCUT2D eigenvalue weighted by atomic mass is 15.3. The van der Waals surface area contributed by atoms with Crippen LogP contribution in [0.3, 0.4) is 0 Å². The van der Waals surface area contributed by atoms with Gasteiger partial charge >= 0.3 is 0 Å². The van der Waals surface area contributed by atoms with E-state index < -0.39 is 0 Å². The van der Waals surface area contributed by atoms with Crippen LogP contribution in [0, 0.1) is 0 Å². The first-order valence-electron chi connectivity index (χ1n) is 15.9. The molecule has 0 amide bonds. The molecule has 3 heteroatoms. The van der Waals surface area contributed by atoms with Crippen LogP contribution >= 0.6 is 0 Å². The molecule has 216 valence electrons. The lowest BCUT2D eigenvalue weighted by Gasteiger charge is -2.30. The maximum Gasteiger partial charge on any atom is 0.168 e. The molecule has 0 aliphatic rings. The Hall–Kier alpha value is -3.98. The molecule has 1 heterocycles. The third kappa shape index (κ3) is 5.83. The van der Waals surface area contributed by atoms with Crippen LogP contribution in [-0.4, -0.2) is 14.8 Å². The number of hydrogen-bond donors (Lipinski definition) is 0. The summed E-state index contributed by atoms with van der Waals surface area (Å²) in [7, 11) is 0. The van der Waals surface area contributed by atoms with Crippen molar-refractivity contribution in [1.29, 1.82) is 0 Å². The van der Waals surface area contributed by atoms with E-state index in [4.69, 9.17) is 10.2 Å². The summed E-state index contributed by atoms with van der Waals surface area (Å²) >= 11 is 0. The topological polar surface area (TPSA) is 30.7 Å². The lowest BCUT2D eigenvalue weighted by molar-refractivity contribution is 0.353. The Labute approximate surface area is 252 Å². The molecule has 5 rings (SSSR count).